The molecule has 0 spiro atoms. The number of fused-ring (bicyclic) bond motifs is 3. The summed E-state index contributed by atoms with van der Waals surface area (Å²) >= 11 is 6.52. The van der Waals surface area contributed by atoms with Gasteiger partial charge in [0.25, 0.3) is 0 Å². The first-order valence-electron chi connectivity index (χ1n) is 10.6. The van der Waals surface area contributed by atoms with Gasteiger partial charge in [-0.05, 0) is 44.2 Å². The van der Waals surface area contributed by atoms with Gasteiger partial charge in [0.05, 0.1) is 17.8 Å². The zero-order chi connectivity index (χ0) is 20.0. The molecule has 2 aliphatic rings. The van der Waals surface area contributed by atoms with Crippen LogP contribution in [0.3, 0.4) is 0 Å². The Bertz CT molecular complexity index is 1020. The molecule has 0 unspecified atom stereocenters. The van der Waals surface area contributed by atoms with Crippen molar-refractivity contribution >= 4 is 34.0 Å². The van der Waals surface area contributed by atoms with Gasteiger partial charge < -0.3 is 14.5 Å². The van der Waals surface area contributed by atoms with Crippen molar-refractivity contribution in [2.75, 3.05) is 44.8 Å². The van der Waals surface area contributed by atoms with Crippen LogP contribution in [0.5, 0.6) is 0 Å². The van der Waals surface area contributed by atoms with E-state index in [9.17, 15) is 0 Å². The van der Waals surface area contributed by atoms with Gasteiger partial charge in [0, 0.05) is 44.7 Å². The number of anilines is 1. The van der Waals surface area contributed by atoms with E-state index in [4.69, 9.17) is 21.3 Å². The third kappa shape index (κ3) is 3.47. The number of piperidine rings is 1. The van der Waals surface area contributed by atoms with E-state index < -0.39 is 0 Å². The van der Waals surface area contributed by atoms with E-state index >= 15 is 0 Å². The highest BCUT2D eigenvalue weighted by Crippen LogP contribution is 2.32. The van der Waals surface area contributed by atoms with Gasteiger partial charge in [-0.3, -0.25) is 0 Å². The Morgan fingerprint density at radius 1 is 1.21 bits per heavy atom. The van der Waals surface area contributed by atoms with Crippen LogP contribution in [0, 0.1) is 12.8 Å². The van der Waals surface area contributed by atoms with Crippen molar-refractivity contribution in [2.24, 2.45) is 5.92 Å². The van der Waals surface area contributed by atoms with Gasteiger partial charge in [0.2, 0.25) is 0 Å². The number of hydrogen-bond acceptors (Lipinski definition) is 5. The molecule has 2 aliphatic heterocycles. The van der Waals surface area contributed by atoms with Crippen molar-refractivity contribution in [3.8, 4) is 0 Å². The first-order valence-corrected chi connectivity index (χ1v) is 11.0. The maximum Gasteiger partial charge on any atom is 0.176 e. The number of para-hydroxylation sites is 1. The van der Waals surface area contributed by atoms with Crippen LogP contribution in [0.1, 0.15) is 25.0 Å². The van der Waals surface area contributed by atoms with Gasteiger partial charge in [0.15, 0.2) is 5.65 Å². The van der Waals surface area contributed by atoms with Crippen LogP contribution in [0.2, 0.25) is 5.02 Å². The minimum absolute atomic E-state index is 0.479. The fraction of sp³-hybridized carbons (Fsp3) is 0.545. The molecule has 154 valence electrons. The maximum atomic E-state index is 6.52. The topological polar surface area (TPSA) is 45.9 Å². The highest BCUT2D eigenvalue weighted by molar-refractivity contribution is 6.34. The number of rotatable bonds is 4. The molecule has 1 aromatic carbocycles. The summed E-state index contributed by atoms with van der Waals surface area (Å²) in [6.45, 7) is 7.24. The molecule has 1 atom stereocenters. The third-order valence-corrected chi connectivity index (χ3v) is 6.97. The molecule has 3 aromatic rings. The Balaban J connectivity index is 1.40. The molecule has 7 heteroatoms. The Morgan fingerprint density at radius 3 is 2.76 bits per heavy atom. The van der Waals surface area contributed by atoms with Crippen molar-refractivity contribution in [2.45, 2.75) is 32.2 Å². The van der Waals surface area contributed by atoms with Crippen molar-refractivity contribution in [3.63, 3.8) is 0 Å². The molecule has 4 heterocycles. The number of ether oxygens (including phenoxy) is 1. The average molecular weight is 414 g/mol. The number of hydrogen-bond donors (Lipinski definition) is 0. The van der Waals surface area contributed by atoms with Crippen molar-refractivity contribution < 1.29 is 4.74 Å². The van der Waals surface area contributed by atoms with Crippen LogP contribution in [0.4, 0.5) is 5.82 Å². The van der Waals surface area contributed by atoms with E-state index in [0.29, 0.717) is 17.0 Å². The summed E-state index contributed by atoms with van der Waals surface area (Å²) in [5.74, 6) is 1.71. The van der Waals surface area contributed by atoms with Crippen LogP contribution in [-0.4, -0.2) is 65.4 Å². The third-order valence-electron chi connectivity index (χ3n) is 6.53. The monoisotopic (exact) mass is 413 g/mol. The van der Waals surface area contributed by atoms with E-state index in [1.807, 2.05) is 17.5 Å². The molecule has 0 radical (unpaired) electrons. The molecule has 0 N–H and O–H groups in total. The van der Waals surface area contributed by atoms with Gasteiger partial charge in [-0.25, -0.2) is 9.50 Å². The van der Waals surface area contributed by atoms with Crippen molar-refractivity contribution in [1.29, 1.82) is 0 Å². The van der Waals surface area contributed by atoms with Gasteiger partial charge in [-0.2, -0.15) is 5.10 Å². The van der Waals surface area contributed by atoms with Crippen LogP contribution in [-0.2, 0) is 4.74 Å². The van der Waals surface area contributed by atoms with Crippen molar-refractivity contribution in [3.05, 3.63) is 35.0 Å². The Kier molecular flexibility index (Phi) is 5.10. The summed E-state index contributed by atoms with van der Waals surface area (Å²) in [4.78, 5) is 9.93. The summed E-state index contributed by atoms with van der Waals surface area (Å²) in [5.41, 5.74) is 2.60. The second-order valence-corrected chi connectivity index (χ2v) is 8.84. The summed E-state index contributed by atoms with van der Waals surface area (Å²) in [7, 11) is 2.17. The van der Waals surface area contributed by atoms with E-state index in [1.165, 1.54) is 13.0 Å². The maximum absolute atomic E-state index is 6.52. The van der Waals surface area contributed by atoms with E-state index in [-0.39, 0.29) is 0 Å². The lowest BCUT2D eigenvalue weighted by atomic mass is 10.0. The van der Waals surface area contributed by atoms with E-state index in [1.54, 1.807) is 0 Å². The van der Waals surface area contributed by atoms with E-state index in [0.717, 1.165) is 67.2 Å². The van der Waals surface area contributed by atoms with E-state index in [2.05, 4.69) is 40.1 Å². The second-order valence-electron chi connectivity index (χ2n) is 8.46. The second kappa shape index (κ2) is 7.74. The first kappa shape index (κ1) is 19.1. The standard InChI is InChI=1S/C22H28ClN5O/c1-15-20(23)22-24-21(18-5-3-4-6-19(18)28(22)25-15)26(2)17-7-10-27(11-8-17)13-16-9-12-29-14-16/h3-6,16-17H,7-14H2,1-2H3/t16-/m1/s1. The SMILES string of the molecule is Cc1nn2c(nc(N(C)C3CCN(C[C@H]4CCOC4)CC3)c3ccccc32)c1Cl. The molecule has 29 heavy (non-hydrogen) atoms. The number of halogens is 1. The molecule has 0 aliphatic carbocycles. The zero-order valence-corrected chi connectivity index (χ0v) is 17.9. The summed E-state index contributed by atoms with van der Waals surface area (Å²) in [5, 5.41) is 6.36. The largest absolute Gasteiger partial charge is 0.381 e. The highest BCUT2D eigenvalue weighted by atomic mass is 35.5. The molecule has 2 saturated heterocycles. The average Bonchev–Trinajstić information content (AvgIpc) is 3.36. The number of aryl methyl sites for hydroxylation is 1. The van der Waals surface area contributed by atoms with Crippen LogP contribution in [0.25, 0.3) is 16.6 Å². The lowest BCUT2D eigenvalue weighted by Gasteiger charge is -2.38. The Hall–Kier alpha value is -1.89. The zero-order valence-electron chi connectivity index (χ0n) is 17.1. The minimum atomic E-state index is 0.479. The number of nitrogens with zero attached hydrogens (tertiary/aromatic N) is 5. The normalized spacial score (nSPS) is 21.4. The number of aromatic nitrogens is 3. The fourth-order valence-corrected chi connectivity index (χ4v) is 4.95. The van der Waals surface area contributed by atoms with Crippen LogP contribution < -0.4 is 4.90 Å². The predicted octanol–water partition coefficient (Wildman–Crippen LogP) is 3.78. The van der Waals surface area contributed by atoms with Gasteiger partial charge in [-0.15, -0.1) is 0 Å². The first-order chi connectivity index (χ1) is 14.1. The summed E-state index contributed by atoms with van der Waals surface area (Å²) in [6.07, 6.45) is 3.51. The lowest BCUT2D eigenvalue weighted by Crippen LogP contribution is -2.45. The Morgan fingerprint density at radius 2 is 2.00 bits per heavy atom. The number of benzene rings is 1. The Labute approximate surface area is 176 Å². The molecule has 2 aromatic heterocycles. The highest BCUT2D eigenvalue weighted by Gasteiger charge is 2.27. The van der Waals surface area contributed by atoms with Crippen molar-refractivity contribution in [1.82, 2.24) is 19.5 Å². The lowest BCUT2D eigenvalue weighted by molar-refractivity contribution is 0.152. The van der Waals surface area contributed by atoms with Gasteiger partial charge >= 0.3 is 0 Å². The van der Waals surface area contributed by atoms with Crippen LogP contribution >= 0.6 is 11.6 Å². The predicted molar refractivity (Wildman–Crippen MR) is 117 cm³/mol. The summed E-state index contributed by atoms with van der Waals surface area (Å²) < 4.78 is 7.41. The van der Waals surface area contributed by atoms with Gasteiger partial charge in [0.1, 0.15) is 10.8 Å². The fourth-order valence-electron chi connectivity index (χ4n) is 4.79. The minimum Gasteiger partial charge on any atom is -0.381 e. The molecule has 0 saturated carbocycles. The molecule has 0 bridgehead atoms. The molecule has 6 nitrogen and oxygen atoms in total. The molecular weight excluding hydrogens is 386 g/mol. The van der Waals surface area contributed by atoms with Gasteiger partial charge in [-0.1, -0.05) is 23.7 Å². The number of likely N-dealkylation sites (tertiary alicyclic amines) is 1. The smallest absolute Gasteiger partial charge is 0.176 e. The molecule has 0 amide bonds. The summed E-state index contributed by atoms with van der Waals surface area (Å²) in [6, 6.07) is 8.82. The van der Waals surface area contributed by atoms with Crippen LogP contribution in [0.15, 0.2) is 24.3 Å². The molecule has 5 rings (SSSR count). The molecular formula is C22H28ClN5O. The molecule has 2 fully saturated rings. The quantitative estimate of drug-likeness (QED) is 0.651.